The van der Waals surface area contributed by atoms with Crippen molar-refractivity contribution in [1.82, 2.24) is 4.90 Å². The van der Waals surface area contributed by atoms with Crippen LogP contribution < -0.4 is 0 Å². The van der Waals surface area contributed by atoms with Gasteiger partial charge in [-0.3, -0.25) is 4.90 Å². The van der Waals surface area contributed by atoms with E-state index in [2.05, 4.69) is 16.7 Å². The van der Waals surface area contributed by atoms with E-state index in [9.17, 15) is 4.39 Å². The van der Waals surface area contributed by atoms with Crippen LogP contribution >= 0.6 is 0 Å². The second-order valence-corrected chi connectivity index (χ2v) is 5.42. The first-order valence-corrected chi connectivity index (χ1v) is 7.00. The minimum Gasteiger partial charge on any atom is -0.384 e. The summed E-state index contributed by atoms with van der Waals surface area (Å²) in [7, 11) is 0. The van der Waals surface area contributed by atoms with Crippen LogP contribution in [0.25, 0.3) is 0 Å². The molecule has 0 radical (unpaired) electrons. The molecule has 2 aliphatic rings. The third-order valence-corrected chi connectivity index (χ3v) is 3.88. The molecule has 2 fully saturated rings. The molecule has 1 N–H and O–H groups in total. The van der Waals surface area contributed by atoms with Gasteiger partial charge in [0.1, 0.15) is 12.4 Å². The van der Waals surface area contributed by atoms with Crippen molar-refractivity contribution in [2.45, 2.75) is 31.6 Å². The van der Waals surface area contributed by atoms with Gasteiger partial charge >= 0.3 is 0 Å². The van der Waals surface area contributed by atoms with Crippen molar-refractivity contribution in [3.8, 4) is 11.8 Å². The molecule has 1 aromatic rings. The number of likely N-dealkylation sites (tertiary alicyclic amines) is 1. The Bertz CT molecular complexity index is 537. The van der Waals surface area contributed by atoms with E-state index in [1.807, 2.05) is 0 Å². The van der Waals surface area contributed by atoms with Crippen LogP contribution in [0.4, 0.5) is 4.39 Å². The Labute approximate surface area is 118 Å². The SMILES string of the molecule is OCC#Cc1ccc(CN2CC3CCC(C2)O3)c(F)c1. The average Bonchev–Trinajstić information content (AvgIpc) is 2.78. The summed E-state index contributed by atoms with van der Waals surface area (Å²) in [6, 6.07) is 5.03. The number of aliphatic hydroxyl groups excluding tert-OH is 1. The molecule has 0 saturated carbocycles. The Kier molecular flexibility index (Phi) is 4.02. The predicted octanol–water partition coefficient (Wildman–Crippen LogP) is 1.53. The monoisotopic (exact) mass is 275 g/mol. The van der Waals surface area contributed by atoms with Gasteiger partial charge in [0.2, 0.25) is 0 Å². The van der Waals surface area contributed by atoms with Gasteiger partial charge in [0, 0.05) is 30.8 Å². The maximum atomic E-state index is 14.1. The summed E-state index contributed by atoms with van der Waals surface area (Å²) in [5, 5.41) is 8.64. The molecule has 3 nitrogen and oxygen atoms in total. The standard InChI is InChI=1S/C16H18FNO2/c17-16-8-12(2-1-7-19)3-4-13(16)9-18-10-14-5-6-15(11-18)20-14/h3-4,8,14-15,19H,5-7,9-11H2. The van der Waals surface area contributed by atoms with Crippen LogP contribution in [0.1, 0.15) is 24.0 Å². The highest BCUT2D eigenvalue weighted by Crippen LogP contribution is 2.27. The first-order valence-electron chi connectivity index (χ1n) is 7.00. The molecule has 3 rings (SSSR count). The molecule has 1 aromatic carbocycles. The van der Waals surface area contributed by atoms with Gasteiger partial charge in [-0.25, -0.2) is 4.39 Å². The van der Waals surface area contributed by atoms with E-state index in [4.69, 9.17) is 9.84 Å². The summed E-state index contributed by atoms with van der Waals surface area (Å²) in [6.45, 7) is 2.19. The molecule has 2 atom stereocenters. The highest BCUT2D eigenvalue weighted by Gasteiger charge is 2.33. The summed E-state index contributed by atoms with van der Waals surface area (Å²) < 4.78 is 19.8. The highest BCUT2D eigenvalue weighted by atomic mass is 19.1. The Morgan fingerprint density at radius 3 is 2.70 bits per heavy atom. The number of hydrogen-bond acceptors (Lipinski definition) is 3. The third-order valence-electron chi connectivity index (χ3n) is 3.88. The average molecular weight is 275 g/mol. The van der Waals surface area contributed by atoms with Crippen molar-refractivity contribution in [3.05, 3.63) is 35.1 Å². The van der Waals surface area contributed by atoms with Crippen molar-refractivity contribution in [2.75, 3.05) is 19.7 Å². The zero-order valence-electron chi connectivity index (χ0n) is 11.3. The fourth-order valence-electron chi connectivity index (χ4n) is 2.96. The van der Waals surface area contributed by atoms with E-state index in [1.165, 1.54) is 6.07 Å². The minimum absolute atomic E-state index is 0.208. The number of morpholine rings is 1. The number of rotatable bonds is 2. The summed E-state index contributed by atoms with van der Waals surface area (Å²) in [5.41, 5.74) is 1.29. The summed E-state index contributed by atoms with van der Waals surface area (Å²) in [5.74, 6) is 5.01. The molecule has 0 spiro atoms. The number of fused-ring (bicyclic) bond motifs is 2. The lowest BCUT2D eigenvalue weighted by Gasteiger charge is -2.32. The zero-order valence-corrected chi connectivity index (χ0v) is 11.3. The molecule has 2 heterocycles. The Balaban J connectivity index is 1.68. The van der Waals surface area contributed by atoms with Crippen molar-refractivity contribution >= 4 is 0 Å². The van der Waals surface area contributed by atoms with Gasteiger partial charge in [-0.1, -0.05) is 17.9 Å². The largest absolute Gasteiger partial charge is 0.384 e. The van der Waals surface area contributed by atoms with Gasteiger partial charge in [-0.05, 0) is 25.0 Å². The minimum atomic E-state index is -0.228. The fraction of sp³-hybridized carbons (Fsp3) is 0.500. The lowest BCUT2D eigenvalue weighted by atomic mass is 10.1. The Hall–Kier alpha value is -1.41. The molecule has 2 aliphatic heterocycles. The second-order valence-electron chi connectivity index (χ2n) is 5.42. The van der Waals surface area contributed by atoms with Crippen LogP contribution in [0.15, 0.2) is 18.2 Å². The smallest absolute Gasteiger partial charge is 0.128 e. The molecule has 0 aliphatic carbocycles. The number of hydrogen-bond donors (Lipinski definition) is 1. The first kappa shape index (κ1) is 13.6. The van der Waals surface area contributed by atoms with Gasteiger partial charge in [-0.2, -0.15) is 0 Å². The summed E-state index contributed by atoms with van der Waals surface area (Å²) in [6.07, 6.45) is 2.90. The van der Waals surface area contributed by atoms with Crippen LogP contribution in [0.3, 0.4) is 0 Å². The summed E-state index contributed by atoms with van der Waals surface area (Å²) >= 11 is 0. The molecule has 106 valence electrons. The number of aliphatic hydroxyl groups is 1. The molecule has 0 amide bonds. The molecule has 0 aromatic heterocycles. The fourth-order valence-corrected chi connectivity index (χ4v) is 2.96. The maximum Gasteiger partial charge on any atom is 0.128 e. The van der Waals surface area contributed by atoms with E-state index < -0.39 is 0 Å². The van der Waals surface area contributed by atoms with Crippen molar-refractivity contribution in [2.24, 2.45) is 0 Å². The van der Waals surface area contributed by atoms with Crippen LogP contribution in [0, 0.1) is 17.7 Å². The van der Waals surface area contributed by atoms with Crippen molar-refractivity contribution in [1.29, 1.82) is 0 Å². The zero-order chi connectivity index (χ0) is 13.9. The molecule has 2 unspecified atom stereocenters. The van der Waals surface area contributed by atoms with Crippen LogP contribution in [0.2, 0.25) is 0 Å². The van der Waals surface area contributed by atoms with Crippen molar-refractivity contribution < 1.29 is 14.2 Å². The van der Waals surface area contributed by atoms with Crippen LogP contribution in [-0.2, 0) is 11.3 Å². The molecular formula is C16H18FNO2. The third kappa shape index (κ3) is 3.01. The van der Waals surface area contributed by atoms with E-state index in [0.717, 1.165) is 25.9 Å². The van der Waals surface area contributed by atoms with E-state index >= 15 is 0 Å². The Morgan fingerprint density at radius 1 is 1.30 bits per heavy atom. The van der Waals surface area contributed by atoms with Gasteiger partial charge in [0.15, 0.2) is 0 Å². The van der Waals surface area contributed by atoms with Gasteiger partial charge in [0.25, 0.3) is 0 Å². The maximum absolute atomic E-state index is 14.1. The number of nitrogens with zero attached hydrogens (tertiary/aromatic N) is 1. The molecular weight excluding hydrogens is 257 g/mol. The first-order chi connectivity index (χ1) is 9.74. The number of benzene rings is 1. The van der Waals surface area contributed by atoms with Crippen LogP contribution in [0.5, 0.6) is 0 Å². The molecule has 20 heavy (non-hydrogen) atoms. The number of ether oxygens (including phenoxy) is 1. The highest BCUT2D eigenvalue weighted by molar-refractivity contribution is 5.37. The van der Waals surface area contributed by atoms with Crippen LogP contribution in [-0.4, -0.2) is 41.9 Å². The van der Waals surface area contributed by atoms with E-state index in [-0.39, 0.29) is 12.4 Å². The number of halogens is 1. The van der Waals surface area contributed by atoms with Gasteiger partial charge in [-0.15, -0.1) is 0 Å². The Morgan fingerprint density at radius 2 is 2.05 bits per heavy atom. The lowest BCUT2D eigenvalue weighted by molar-refractivity contribution is -0.0413. The molecule has 2 saturated heterocycles. The lowest BCUT2D eigenvalue weighted by Crippen LogP contribution is -2.42. The van der Waals surface area contributed by atoms with E-state index in [0.29, 0.717) is 29.9 Å². The summed E-state index contributed by atoms with van der Waals surface area (Å²) in [4.78, 5) is 2.27. The topological polar surface area (TPSA) is 32.7 Å². The molecule has 2 bridgehead atoms. The normalized spacial score (nSPS) is 25.3. The quantitative estimate of drug-likeness (QED) is 0.831. The van der Waals surface area contributed by atoms with Gasteiger partial charge in [0.05, 0.1) is 12.2 Å². The predicted molar refractivity (Wildman–Crippen MR) is 73.5 cm³/mol. The van der Waals surface area contributed by atoms with Crippen molar-refractivity contribution in [3.63, 3.8) is 0 Å². The van der Waals surface area contributed by atoms with Gasteiger partial charge < -0.3 is 9.84 Å². The molecule has 4 heteroatoms. The van der Waals surface area contributed by atoms with E-state index in [1.54, 1.807) is 12.1 Å². The second kappa shape index (κ2) is 5.92.